The number of hydrogen-bond donors (Lipinski definition) is 2. The lowest BCUT2D eigenvalue weighted by atomic mass is 9.80. The molecule has 4 heterocycles. The summed E-state index contributed by atoms with van der Waals surface area (Å²) in [6.45, 7) is 8.91. The van der Waals surface area contributed by atoms with Gasteiger partial charge in [0.25, 0.3) is 5.89 Å². The molecule has 4 aromatic rings. The average molecular weight is 587 g/mol. The van der Waals surface area contributed by atoms with Gasteiger partial charge in [-0.05, 0) is 62.8 Å². The molecule has 0 radical (unpaired) electrons. The van der Waals surface area contributed by atoms with Gasteiger partial charge in [0, 0.05) is 19.1 Å². The minimum Gasteiger partial charge on any atom is -0.384 e. The number of nitrogens with one attached hydrogen (secondary N) is 2. The number of imidazole rings is 1. The molecule has 3 atom stereocenters. The summed E-state index contributed by atoms with van der Waals surface area (Å²) >= 11 is 0. The minimum atomic E-state index is -0.637. The smallest absolute Gasteiger partial charge is 0.384 e. The fourth-order valence-electron chi connectivity index (χ4n) is 7.13. The van der Waals surface area contributed by atoms with Crippen LogP contribution in [0.5, 0.6) is 0 Å². The lowest BCUT2D eigenvalue weighted by Gasteiger charge is -2.41. The topological polar surface area (TPSA) is 127 Å². The SMILES string of the molecule is CC1CCC(Cn2c(N3CCO[C@H](C)[C@H]3c3ccccc3)nc3nc(-c4n[nH]c(=O)o4)nc(N[C@H](C)C4CCC4)c32)CC1. The van der Waals surface area contributed by atoms with Crippen LogP contribution >= 0.6 is 0 Å². The zero-order valence-electron chi connectivity index (χ0n) is 25.3. The monoisotopic (exact) mass is 586 g/mol. The highest BCUT2D eigenvalue weighted by atomic mass is 16.5. The fourth-order valence-corrected chi connectivity index (χ4v) is 7.13. The molecule has 1 aromatic carbocycles. The summed E-state index contributed by atoms with van der Waals surface area (Å²) in [6, 6.07) is 10.8. The largest absolute Gasteiger partial charge is 0.434 e. The molecular weight excluding hydrogens is 544 g/mol. The van der Waals surface area contributed by atoms with E-state index < -0.39 is 5.76 Å². The van der Waals surface area contributed by atoms with E-state index in [0.29, 0.717) is 36.5 Å². The van der Waals surface area contributed by atoms with E-state index in [1.165, 1.54) is 50.5 Å². The third-order valence-electron chi connectivity index (χ3n) is 9.90. The number of morpholine rings is 1. The first-order valence-corrected chi connectivity index (χ1v) is 16.0. The summed E-state index contributed by atoms with van der Waals surface area (Å²) in [7, 11) is 0. The summed E-state index contributed by atoms with van der Waals surface area (Å²) in [5.41, 5.74) is 2.67. The zero-order chi connectivity index (χ0) is 29.5. The Balaban J connectivity index is 1.39. The second-order valence-corrected chi connectivity index (χ2v) is 12.9. The molecule has 228 valence electrons. The van der Waals surface area contributed by atoms with Crippen molar-refractivity contribution in [2.75, 3.05) is 23.4 Å². The van der Waals surface area contributed by atoms with Gasteiger partial charge in [0.15, 0.2) is 11.5 Å². The van der Waals surface area contributed by atoms with Gasteiger partial charge in [-0.1, -0.05) is 56.5 Å². The van der Waals surface area contributed by atoms with Gasteiger partial charge in [-0.3, -0.25) is 0 Å². The van der Waals surface area contributed by atoms with E-state index >= 15 is 0 Å². The van der Waals surface area contributed by atoms with E-state index in [2.05, 4.69) is 70.0 Å². The summed E-state index contributed by atoms with van der Waals surface area (Å²) in [4.78, 5) is 29.3. The first-order valence-electron chi connectivity index (χ1n) is 16.0. The van der Waals surface area contributed by atoms with E-state index in [1.807, 2.05) is 6.07 Å². The van der Waals surface area contributed by atoms with Gasteiger partial charge in [-0.2, -0.15) is 4.98 Å². The molecule has 0 unspecified atom stereocenters. The van der Waals surface area contributed by atoms with Gasteiger partial charge >= 0.3 is 5.76 Å². The molecule has 3 aromatic heterocycles. The molecule has 11 heteroatoms. The fraction of sp³-hybridized carbons (Fsp3) is 0.594. The van der Waals surface area contributed by atoms with Crippen LogP contribution in [-0.2, 0) is 11.3 Å². The molecule has 0 bridgehead atoms. The normalized spacial score (nSPS) is 25.5. The van der Waals surface area contributed by atoms with Gasteiger partial charge in [-0.15, -0.1) is 5.10 Å². The van der Waals surface area contributed by atoms with Crippen LogP contribution in [0.2, 0.25) is 0 Å². The van der Waals surface area contributed by atoms with Crippen molar-refractivity contribution in [2.45, 2.75) is 90.4 Å². The number of benzene rings is 1. The number of aromatic nitrogens is 6. The van der Waals surface area contributed by atoms with E-state index in [9.17, 15) is 4.79 Å². The van der Waals surface area contributed by atoms with Crippen LogP contribution in [0.3, 0.4) is 0 Å². The average Bonchev–Trinajstić information content (AvgIpc) is 3.57. The molecule has 1 aliphatic heterocycles. The molecule has 3 fully saturated rings. The highest BCUT2D eigenvalue weighted by Crippen LogP contribution is 2.39. The van der Waals surface area contributed by atoms with E-state index in [1.54, 1.807) is 0 Å². The van der Waals surface area contributed by atoms with Crippen molar-refractivity contribution in [3.05, 3.63) is 46.4 Å². The molecule has 0 spiro atoms. The number of anilines is 2. The Hall–Kier alpha value is -3.73. The van der Waals surface area contributed by atoms with Crippen molar-refractivity contribution in [1.82, 2.24) is 29.7 Å². The summed E-state index contributed by atoms with van der Waals surface area (Å²) < 4.78 is 13.9. The van der Waals surface area contributed by atoms with Crippen LogP contribution in [0, 0.1) is 17.8 Å². The lowest BCUT2D eigenvalue weighted by molar-refractivity contribution is 0.0221. The van der Waals surface area contributed by atoms with E-state index in [0.717, 1.165) is 23.9 Å². The van der Waals surface area contributed by atoms with Crippen LogP contribution < -0.4 is 16.0 Å². The van der Waals surface area contributed by atoms with Crippen LogP contribution in [0.25, 0.3) is 22.9 Å². The number of hydrogen-bond acceptors (Lipinski definition) is 9. The molecule has 11 nitrogen and oxygen atoms in total. The maximum absolute atomic E-state index is 11.8. The standard InChI is InChI=1S/C32H42N8O3/c1-19-12-14-22(15-13-19)18-40-26-27(33-20(2)23-10-7-11-23)34-29(30-37-38-32(41)43-30)35-28(26)36-31(40)39-16-17-42-21(3)25(39)24-8-5-4-6-9-24/h4-6,8-9,19-23,25H,7,10-18H2,1-3H3,(H,38,41)(H,33,34,35)/t19?,20-,21-,22?,25+/m1/s1. The Labute approximate surface area is 251 Å². The highest BCUT2D eigenvalue weighted by molar-refractivity contribution is 5.87. The molecule has 7 rings (SSSR count). The van der Waals surface area contributed by atoms with Crippen LogP contribution in [0.1, 0.15) is 77.3 Å². The van der Waals surface area contributed by atoms with Gasteiger partial charge in [-0.25, -0.2) is 19.9 Å². The molecule has 2 saturated carbocycles. The van der Waals surface area contributed by atoms with Crippen molar-refractivity contribution in [3.63, 3.8) is 0 Å². The Morgan fingerprint density at radius 2 is 1.84 bits per heavy atom. The molecule has 2 aliphatic carbocycles. The van der Waals surface area contributed by atoms with E-state index in [4.69, 9.17) is 24.1 Å². The van der Waals surface area contributed by atoms with Crippen molar-refractivity contribution in [1.29, 1.82) is 0 Å². The second-order valence-electron chi connectivity index (χ2n) is 12.9. The van der Waals surface area contributed by atoms with Gasteiger partial charge in [0.05, 0.1) is 18.8 Å². The molecule has 0 amide bonds. The lowest BCUT2D eigenvalue weighted by Crippen LogP contribution is -2.45. The zero-order valence-corrected chi connectivity index (χ0v) is 25.3. The summed E-state index contributed by atoms with van der Waals surface area (Å²) in [5.74, 6) is 3.17. The quantitative estimate of drug-likeness (QED) is 0.273. The predicted molar refractivity (Wildman–Crippen MR) is 165 cm³/mol. The Bertz CT molecular complexity index is 1600. The number of ether oxygens (including phenoxy) is 1. The van der Waals surface area contributed by atoms with Crippen LogP contribution in [0.4, 0.5) is 11.8 Å². The highest BCUT2D eigenvalue weighted by Gasteiger charge is 2.36. The Morgan fingerprint density at radius 3 is 2.53 bits per heavy atom. The summed E-state index contributed by atoms with van der Waals surface area (Å²) in [6.07, 6.45) is 8.54. The molecule has 3 aliphatic rings. The Morgan fingerprint density at radius 1 is 1.05 bits per heavy atom. The first kappa shape index (κ1) is 28.1. The van der Waals surface area contributed by atoms with Crippen LogP contribution in [-0.4, -0.2) is 55.0 Å². The number of aromatic amines is 1. The molecular formula is C32H42N8O3. The predicted octanol–water partition coefficient (Wildman–Crippen LogP) is 5.56. The number of fused-ring (bicyclic) bond motifs is 1. The number of H-pyrrole nitrogens is 1. The minimum absolute atomic E-state index is 0.000934. The van der Waals surface area contributed by atoms with Crippen molar-refractivity contribution < 1.29 is 9.15 Å². The van der Waals surface area contributed by atoms with E-state index in [-0.39, 0.29) is 29.9 Å². The van der Waals surface area contributed by atoms with Gasteiger partial charge in [0.1, 0.15) is 5.52 Å². The van der Waals surface area contributed by atoms with Crippen molar-refractivity contribution >= 4 is 22.9 Å². The number of nitrogens with zero attached hydrogens (tertiary/aromatic N) is 6. The summed E-state index contributed by atoms with van der Waals surface area (Å²) in [5, 5.41) is 10.1. The van der Waals surface area contributed by atoms with Crippen LogP contribution in [0.15, 0.2) is 39.5 Å². The van der Waals surface area contributed by atoms with Gasteiger partial charge < -0.3 is 23.9 Å². The van der Waals surface area contributed by atoms with Crippen molar-refractivity contribution in [3.8, 4) is 11.7 Å². The second kappa shape index (κ2) is 11.7. The third-order valence-corrected chi connectivity index (χ3v) is 9.90. The maximum atomic E-state index is 11.8. The molecule has 43 heavy (non-hydrogen) atoms. The molecule has 2 N–H and O–H groups in total. The van der Waals surface area contributed by atoms with Gasteiger partial charge in [0.2, 0.25) is 11.8 Å². The molecule has 1 saturated heterocycles. The number of rotatable bonds is 8. The Kier molecular flexibility index (Phi) is 7.67. The van der Waals surface area contributed by atoms with Crippen molar-refractivity contribution in [2.24, 2.45) is 17.8 Å². The maximum Gasteiger partial charge on any atom is 0.434 e. The third kappa shape index (κ3) is 5.55. The first-order chi connectivity index (χ1) is 20.9.